The predicted octanol–water partition coefficient (Wildman–Crippen LogP) is 4.15. The zero-order valence-electron chi connectivity index (χ0n) is 16.5. The number of pyridine rings is 1. The molecule has 152 valence electrons. The quantitative estimate of drug-likeness (QED) is 0.522. The Hall–Kier alpha value is -3.12. The Morgan fingerprint density at radius 3 is 2.63 bits per heavy atom. The van der Waals surface area contributed by atoms with Crippen LogP contribution in [0.4, 0.5) is 4.39 Å². The molecule has 4 aromatic rings. The maximum absolute atomic E-state index is 13.4. The Bertz CT molecular complexity index is 1280. The van der Waals surface area contributed by atoms with E-state index in [0.29, 0.717) is 23.7 Å². The number of hydrogen-bond acceptors (Lipinski definition) is 4. The van der Waals surface area contributed by atoms with E-state index in [0.717, 1.165) is 41.3 Å². The third kappa shape index (κ3) is 3.27. The lowest BCUT2D eigenvalue weighted by molar-refractivity contribution is 0.0735. The van der Waals surface area contributed by atoms with Gasteiger partial charge >= 0.3 is 0 Å². The van der Waals surface area contributed by atoms with Crippen molar-refractivity contribution in [2.24, 2.45) is 0 Å². The first kappa shape index (κ1) is 18.9. The molecule has 1 fully saturated rings. The van der Waals surface area contributed by atoms with Gasteiger partial charge in [-0.05, 0) is 60.7 Å². The molecule has 5 rings (SSSR count). The normalized spacial score (nSPS) is 19.4. The van der Waals surface area contributed by atoms with E-state index in [4.69, 9.17) is 0 Å². The first-order valence-electron chi connectivity index (χ1n) is 10.3. The number of nitrogens with zero attached hydrogens (tertiary/aromatic N) is 3. The van der Waals surface area contributed by atoms with Crippen molar-refractivity contribution in [1.82, 2.24) is 14.5 Å². The van der Waals surface area contributed by atoms with Gasteiger partial charge in [0.1, 0.15) is 5.82 Å². The average Bonchev–Trinajstić information content (AvgIpc) is 2.77. The SMILES string of the molecule is O=c1c2cc(Cc3ccc(F)cc3)c3ncccc3c2ncn1[C@H]1CCCC[C@@H]1O. The second-order valence-corrected chi connectivity index (χ2v) is 8.01. The summed E-state index contributed by atoms with van der Waals surface area (Å²) in [5.74, 6) is -0.279. The minimum absolute atomic E-state index is 0.142. The molecule has 30 heavy (non-hydrogen) atoms. The van der Waals surface area contributed by atoms with Crippen molar-refractivity contribution >= 4 is 21.8 Å². The van der Waals surface area contributed by atoms with Gasteiger partial charge in [0.15, 0.2) is 0 Å². The zero-order chi connectivity index (χ0) is 20.7. The van der Waals surface area contributed by atoms with Gasteiger partial charge in [0.2, 0.25) is 0 Å². The molecule has 2 aromatic carbocycles. The highest BCUT2D eigenvalue weighted by Crippen LogP contribution is 2.30. The van der Waals surface area contributed by atoms with Crippen molar-refractivity contribution in [2.75, 3.05) is 0 Å². The Morgan fingerprint density at radius 1 is 1.03 bits per heavy atom. The van der Waals surface area contributed by atoms with Gasteiger partial charge in [0.25, 0.3) is 5.56 Å². The summed E-state index contributed by atoms with van der Waals surface area (Å²) in [6, 6.07) is 11.7. The summed E-state index contributed by atoms with van der Waals surface area (Å²) in [6.45, 7) is 0. The Labute approximate surface area is 172 Å². The van der Waals surface area contributed by atoms with Gasteiger partial charge < -0.3 is 5.11 Å². The average molecular weight is 403 g/mol. The van der Waals surface area contributed by atoms with Gasteiger partial charge in [-0.2, -0.15) is 0 Å². The molecule has 0 unspecified atom stereocenters. The van der Waals surface area contributed by atoms with E-state index in [2.05, 4.69) is 9.97 Å². The number of aromatic nitrogens is 3. The lowest BCUT2D eigenvalue weighted by Crippen LogP contribution is -2.34. The Morgan fingerprint density at radius 2 is 1.83 bits per heavy atom. The largest absolute Gasteiger partial charge is 0.391 e. The summed E-state index contributed by atoms with van der Waals surface area (Å²) in [4.78, 5) is 22.5. The Kier molecular flexibility index (Phi) is 4.79. The topological polar surface area (TPSA) is 68.0 Å². The van der Waals surface area contributed by atoms with Gasteiger partial charge in [0.05, 0.1) is 34.9 Å². The molecule has 2 atom stereocenters. The Balaban J connectivity index is 1.70. The van der Waals surface area contributed by atoms with Gasteiger partial charge in [-0.25, -0.2) is 9.37 Å². The van der Waals surface area contributed by atoms with Crippen LogP contribution in [0, 0.1) is 5.82 Å². The van der Waals surface area contributed by atoms with Gasteiger partial charge in [0, 0.05) is 11.6 Å². The smallest absolute Gasteiger partial charge is 0.261 e. The van der Waals surface area contributed by atoms with E-state index in [1.54, 1.807) is 29.2 Å². The van der Waals surface area contributed by atoms with Crippen molar-refractivity contribution < 1.29 is 9.50 Å². The summed E-state index contributed by atoms with van der Waals surface area (Å²) in [6.07, 6.45) is 6.73. The van der Waals surface area contributed by atoms with E-state index in [1.165, 1.54) is 12.1 Å². The number of fused-ring (bicyclic) bond motifs is 3. The van der Waals surface area contributed by atoms with Crippen LogP contribution in [0.15, 0.2) is 59.8 Å². The van der Waals surface area contributed by atoms with Crippen LogP contribution in [-0.2, 0) is 6.42 Å². The van der Waals surface area contributed by atoms with E-state index in [9.17, 15) is 14.3 Å². The number of aliphatic hydroxyl groups is 1. The fourth-order valence-electron chi connectivity index (χ4n) is 4.53. The highest BCUT2D eigenvalue weighted by Gasteiger charge is 2.26. The standard InChI is InChI=1S/C24H22FN3O2/c25-17-9-7-15(8-10-17)12-16-13-19-23(18-4-3-11-26-22(16)18)27-14-28(24(19)30)20-5-1-2-6-21(20)29/h3-4,7-11,13-14,20-21,29H,1-2,5-6,12H2/t20-,21-/m0/s1. The monoisotopic (exact) mass is 403 g/mol. The van der Waals surface area contributed by atoms with E-state index in [1.807, 2.05) is 18.2 Å². The van der Waals surface area contributed by atoms with E-state index < -0.39 is 6.10 Å². The molecule has 0 spiro atoms. The van der Waals surface area contributed by atoms with Crippen LogP contribution >= 0.6 is 0 Å². The van der Waals surface area contributed by atoms with Crippen molar-refractivity contribution in [3.05, 3.63) is 82.3 Å². The maximum atomic E-state index is 13.4. The number of aliphatic hydroxyl groups excluding tert-OH is 1. The van der Waals surface area contributed by atoms with Gasteiger partial charge in [-0.3, -0.25) is 14.3 Å². The van der Waals surface area contributed by atoms with Crippen LogP contribution in [0.1, 0.15) is 42.9 Å². The number of hydrogen-bond donors (Lipinski definition) is 1. The van der Waals surface area contributed by atoms with Crippen LogP contribution in [-0.4, -0.2) is 25.7 Å². The highest BCUT2D eigenvalue weighted by atomic mass is 19.1. The van der Waals surface area contributed by atoms with Crippen LogP contribution in [0.3, 0.4) is 0 Å². The lowest BCUT2D eigenvalue weighted by Gasteiger charge is -2.29. The van der Waals surface area contributed by atoms with Gasteiger partial charge in [-0.1, -0.05) is 25.0 Å². The molecule has 1 saturated carbocycles. The van der Waals surface area contributed by atoms with Crippen LogP contribution < -0.4 is 5.56 Å². The van der Waals surface area contributed by atoms with Crippen LogP contribution in [0.5, 0.6) is 0 Å². The fraction of sp³-hybridized carbons (Fsp3) is 0.292. The molecule has 0 amide bonds. The van der Waals surface area contributed by atoms with E-state index >= 15 is 0 Å². The molecule has 0 bridgehead atoms. The molecule has 0 aliphatic heterocycles. The molecule has 0 radical (unpaired) electrons. The third-order valence-electron chi connectivity index (χ3n) is 6.08. The molecule has 6 heteroatoms. The molecule has 1 aliphatic rings. The van der Waals surface area contributed by atoms with E-state index in [-0.39, 0.29) is 17.4 Å². The van der Waals surface area contributed by atoms with Crippen LogP contribution in [0.25, 0.3) is 21.8 Å². The highest BCUT2D eigenvalue weighted by molar-refractivity contribution is 6.04. The molecular formula is C24H22FN3O2. The molecule has 1 aliphatic carbocycles. The number of halogens is 1. The van der Waals surface area contributed by atoms with Crippen molar-refractivity contribution in [3.63, 3.8) is 0 Å². The minimum atomic E-state index is -0.531. The molecule has 1 N–H and O–H groups in total. The fourth-order valence-corrected chi connectivity index (χ4v) is 4.53. The number of rotatable bonds is 3. The molecule has 2 heterocycles. The third-order valence-corrected chi connectivity index (χ3v) is 6.08. The predicted molar refractivity (Wildman–Crippen MR) is 114 cm³/mol. The zero-order valence-corrected chi connectivity index (χ0v) is 16.5. The van der Waals surface area contributed by atoms with Gasteiger partial charge in [-0.15, -0.1) is 0 Å². The number of benzene rings is 2. The van der Waals surface area contributed by atoms with Crippen molar-refractivity contribution in [3.8, 4) is 0 Å². The summed E-state index contributed by atoms with van der Waals surface area (Å²) in [5, 5.41) is 11.8. The minimum Gasteiger partial charge on any atom is -0.391 e. The lowest BCUT2D eigenvalue weighted by atomic mass is 9.92. The van der Waals surface area contributed by atoms with Crippen LogP contribution in [0.2, 0.25) is 0 Å². The summed E-state index contributed by atoms with van der Waals surface area (Å²) in [5.41, 5.74) is 3.10. The van der Waals surface area contributed by atoms with Crippen molar-refractivity contribution in [2.45, 2.75) is 44.2 Å². The maximum Gasteiger partial charge on any atom is 0.261 e. The first-order chi connectivity index (χ1) is 14.6. The molecule has 0 saturated heterocycles. The molecule has 2 aromatic heterocycles. The van der Waals surface area contributed by atoms with Crippen molar-refractivity contribution in [1.29, 1.82) is 0 Å². The molecule has 5 nitrogen and oxygen atoms in total. The second-order valence-electron chi connectivity index (χ2n) is 8.01. The summed E-state index contributed by atoms with van der Waals surface area (Å²) in [7, 11) is 0. The second kappa shape index (κ2) is 7.61. The first-order valence-corrected chi connectivity index (χ1v) is 10.3. The molecular weight excluding hydrogens is 381 g/mol. The summed E-state index contributed by atoms with van der Waals surface area (Å²) < 4.78 is 14.9. The summed E-state index contributed by atoms with van der Waals surface area (Å²) >= 11 is 0.